The minimum atomic E-state index is -0.822. The Morgan fingerprint density at radius 3 is 2.55 bits per heavy atom. The van der Waals surface area contributed by atoms with Crippen molar-refractivity contribution in [1.82, 2.24) is 5.32 Å². The number of hydrogen-bond acceptors (Lipinski definition) is 5. The molecule has 0 radical (unpaired) electrons. The maximum absolute atomic E-state index is 11.9. The van der Waals surface area contributed by atoms with Crippen molar-refractivity contribution >= 4 is 11.9 Å². The molecule has 1 N–H and O–H groups in total. The first-order valence-electron chi connectivity index (χ1n) is 7.37. The number of esters is 1. The smallest absolute Gasteiger partial charge is 0.318 e. The molecule has 1 aromatic rings. The second-order valence-corrected chi connectivity index (χ2v) is 4.92. The Kier molecular flexibility index (Phi) is 5.25. The van der Waals surface area contributed by atoms with Gasteiger partial charge < -0.3 is 19.5 Å². The van der Waals surface area contributed by atoms with Gasteiger partial charge in [-0.1, -0.05) is 6.07 Å². The number of methoxy groups -OCH3 is 1. The molecule has 0 aliphatic carbocycles. The zero-order chi connectivity index (χ0) is 16.1. The SMILES string of the molecule is CCOc1ccc([C@H]2CNC(=O)[C@@H]2C(=O)OC)cc1OCC. The first-order chi connectivity index (χ1) is 10.6. The summed E-state index contributed by atoms with van der Waals surface area (Å²) in [6, 6.07) is 5.49. The Labute approximate surface area is 129 Å². The van der Waals surface area contributed by atoms with Crippen LogP contribution < -0.4 is 14.8 Å². The average Bonchev–Trinajstić information content (AvgIpc) is 2.90. The summed E-state index contributed by atoms with van der Waals surface area (Å²) < 4.78 is 15.9. The first-order valence-corrected chi connectivity index (χ1v) is 7.37. The van der Waals surface area contributed by atoms with Crippen molar-refractivity contribution in [1.29, 1.82) is 0 Å². The van der Waals surface area contributed by atoms with E-state index in [0.29, 0.717) is 31.3 Å². The van der Waals surface area contributed by atoms with Crippen molar-refractivity contribution in [3.63, 3.8) is 0 Å². The van der Waals surface area contributed by atoms with Gasteiger partial charge in [-0.25, -0.2) is 0 Å². The maximum atomic E-state index is 11.9. The van der Waals surface area contributed by atoms with E-state index in [-0.39, 0.29) is 11.8 Å². The van der Waals surface area contributed by atoms with Crippen LogP contribution >= 0.6 is 0 Å². The van der Waals surface area contributed by atoms with E-state index in [1.807, 2.05) is 26.0 Å². The van der Waals surface area contributed by atoms with Crippen LogP contribution in [0.25, 0.3) is 0 Å². The molecular weight excluding hydrogens is 286 g/mol. The summed E-state index contributed by atoms with van der Waals surface area (Å²) in [6.07, 6.45) is 0. The van der Waals surface area contributed by atoms with E-state index in [2.05, 4.69) is 5.32 Å². The molecule has 6 nitrogen and oxygen atoms in total. The lowest BCUT2D eigenvalue weighted by Gasteiger charge is -2.18. The molecule has 1 aliphatic rings. The monoisotopic (exact) mass is 307 g/mol. The van der Waals surface area contributed by atoms with E-state index >= 15 is 0 Å². The lowest BCUT2D eigenvalue weighted by Crippen LogP contribution is -2.28. The molecule has 0 spiro atoms. The van der Waals surface area contributed by atoms with Crippen LogP contribution in [0, 0.1) is 5.92 Å². The van der Waals surface area contributed by atoms with E-state index < -0.39 is 11.9 Å². The molecule has 1 fully saturated rings. The number of carbonyl (C=O) groups excluding carboxylic acids is 2. The predicted octanol–water partition coefficient (Wildman–Crippen LogP) is 1.49. The average molecular weight is 307 g/mol. The highest BCUT2D eigenvalue weighted by molar-refractivity contribution is 6.00. The molecule has 1 amide bonds. The second-order valence-electron chi connectivity index (χ2n) is 4.92. The number of rotatable bonds is 6. The number of carbonyl (C=O) groups is 2. The van der Waals surface area contributed by atoms with Gasteiger partial charge in [-0.3, -0.25) is 9.59 Å². The Balaban J connectivity index is 2.33. The molecule has 120 valence electrons. The van der Waals surface area contributed by atoms with Crippen molar-refractivity contribution in [3.05, 3.63) is 23.8 Å². The fourth-order valence-corrected chi connectivity index (χ4v) is 2.63. The summed E-state index contributed by atoms with van der Waals surface area (Å²) in [4.78, 5) is 23.7. The molecule has 0 saturated carbocycles. The lowest BCUT2D eigenvalue weighted by atomic mass is 9.88. The van der Waals surface area contributed by atoms with E-state index in [1.165, 1.54) is 7.11 Å². The Morgan fingerprint density at radius 1 is 1.23 bits per heavy atom. The highest BCUT2D eigenvalue weighted by atomic mass is 16.5. The fraction of sp³-hybridized carbons (Fsp3) is 0.500. The van der Waals surface area contributed by atoms with Crippen molar-refractivity contribution in [2.75, 3.05) is 26.9 Å². The number of amides is 1. The van der Waals surface area contributed by atoms with Gasteiger partial charge >= 0.3 is 5.97 Å². The van der Waals surface area contributed by atoms with Crippen molar-refractivity contribution in [2.45, 2.75) is 19.8 Å². The molecule has 1 heterocycles. The highest BCUT2D eigenvalue weighted by Gasteiger charge is 2.42. The van der Waals surface area contributed by atoms with Gasteiger partial charge in [0.1, 0.15) is 5.92 Å². The van der Waals surface area contributed by atoms with Crippen LogP contribution in [0.5, 0.6) is 11.5 Å². The van der Waals surface area contributed by atoms with Crippen LogP contribution in [0.3, 0.4) is 0 Å². The van der Waals surface area contributed by atoms with E-state index in [0.717, 1.165) is 5.56 Å². The quantitative estimate of drug-likeness (QED) is 0.636. The summed E-state index contributed by atoms with van der Waals surface area (Å²) >= 11 is 0. The number of nitrogens with one attached hydrogen (secondary N) is 1. The maximum Gasteiger partial charge on any atom is 0.318 e. The molecule has 2 rings (SSSR count). The van der Waals surface area contributed by atoms with Crippen LogP contribution in [0.4, 0.5) is 0 Å². The Morgan fingerprint density at radius 2 is 1.91 bits per heavy atom. The summed E-state index contributed by atoms with van der Waals surface area (Å²) in [5, 5.41) is 2.71. The molecular formula is C16H21NO5. The van der Waals surface area contributed by atoms with Gasteiger partial charge in [-0.05, 0) is 31.5 Å². The molecule has 6 heteroatoms. The normalized spacial score (nSPS) is 20.4. The third-order valence-electron chi connectivity index (χ3n) is 3.63. The van der Waals surface area contributed by atoms with Crippen LogP contribution in [0.2, 0.25) is 0 Å². The molecule has 2 atom stereocenters. The van der Waals surface area contributed by atoms with Crippen LogP contribution in [-0.4, -0.2) is 38.7 Å². The number of ether oxygens (including phenoxy) is 3. The van der Waals surface area contributed by atoms with Crippen molar-refractivity contribution in [2.24, 2.45) is 5.92 Å². The molecule has 1 aromatic carbocycles. The molecule has 22 heavy (non-hydrogen) atoms. The summed E-state index contributed by atoms with van der Waals surface area (Å²) in [5.41, 5.74) is 0.848. The molecule has 0 bridgehead atoms. The number of benzene rings is 1. The van der Waals surface area contributed by atoms with Crippen LogP contribution in [0.1, 0.15) is 25.3 Å². The lowest BCUT2D eigenvalue weighted by molar-refractivity contribution is -0.149. The van der Waals surface area contributed by atoms with Gasteiger partial charge in [0.05, 0.1) is 20.3 Å². The summed E-state index contributed by atoms with van der Waals surface area (Å²) in [7, 11) is 1.29. The summed E-state index contributed by atoms with van der Waals surface area (Å²) in [5.74, 6) is -0.646. The largest absolute Gasteiger partial charge is 0.490 e. The topological polar surface area (TPSA) is 73.9 Å². The Bertz CT molecular complexity index is 557. The summed E-state index contributed by atoms with van der Waals surface area (Å²) in [6.45, 7) is 5.23. The molecule has 0 aromatic heterocycles. The van der Waals surface area contributed by atoms with Crippen molar-refractivity contribution in [3.8, 4) is 11.5 Å². The minimum absolute atomic E-state index is 0.269. The number of hydrogen-bond donors (Lipinski definition) is 1. The van der Waals surface area contributed by atoms with Crippen LogP contribution in [0.15, 0.2) is 18.2 Å². The minimum Gasteiger partial charge on any atom is -0.490 e. The highest BCUT2D eigenvalue weighted by Crippen LogP contribution is 2.36. The molecule has 1 saturated heterocycles. The van der Waals surface area contributed by atoms with E-state index in [9.17, 15) is 9.59 Å². The van der Waals surface area contributed by atoms with E-state index in [4.69, 9.17) is 14.2 Å². The zero-order valence-electron chi connectivity index (χ0n) is 13.0. The van der Waals surface area contributed by atoms with Crippen LogP contribution in [-0.2, 0) is 14.3 Å². The predicted molar refractivity (Wildman–Crippen MR) is 80.0 cm³/mol. The second kappa shape index (κ2) is 7.15. The van der Waals surface area contributed by atoms with Gasteiger partial charge in [0, 0.05) is 12.5 Å². The fourth-order valence-electron chi connectivity index (χ4n) is 2.63. The molecule has 1 aliphatic heterocycles. The first kappa shape index (κ1) is 16.1. The standard InChI is InChI=1S/C16H21NO5/c1-4-21-12-7-6-10(8-13(12)22-5-2)11-9-17-15(18)14(11)16(19)20-3/h6-8,11,14H,4-5,9H2,1-3H3,(H,17,18)/t11-,14-/m1/s1. The van der Waals surface area contributed by atoms with Gasteiger partial charge in [0.25, 0.3) is 0 Å². The third kappa shape index (κ3) is 3.16. The van der Waals surface area contributed by atoms with Gasteiger partial charge in [0.15, 0.2) is 11.5 Å². The molecule has 0 unspecified atom stereocenters. The zero-order valence-corrected chi connectivity index (χ0v) is 13.0. The third-order valence-corrected chi connectivity index (χ3v) is 3.63. The Hall–Kier alpha value is -2.24. The van der Waals surface area contributed by atoms with Crippen molar-refractivity contribution < 1.29 is 23.8 Å². The van der Waals surface area contributed by atoms with E-state index in [1.54, 1.807) is 6.07 Å². The van der Waals surface area contributed by atoms with Gasteiger partial charge in [0.2, 0.25) is 5.91 Å². The van der Waals surface area contributed by atoms with Gasteiger partial charge in [-0.2, -0.15) is 0 Å². The van der Waals surface area contributed by atoms with Gasteiger partial charge in [-0.15, -0.1) is 0 Å².